The van der Waals surface area contributed by atoms with E-state index in [1.807, 2.05) is 54.6 Å². The van der Waals surface area contributed by atoms with Crippen molar-refractivity contribution in [2.24, 2.45) is 5.41 Å². The molecule has 0 amide bonds. The summed E-state index contributed by atoms with van der Waals surface area (Å²) < 4.78 is 23.5. The number of benzene rings is 2. The van der Waals surface area contributed by atoms with E-state index in [1.54, 1.807) is 4.68 Å². The second kappa shape index (κ2) is 9.88. The summed E-state index contributed by atoms with van der Waals surface area (Å²) in [6.45, 7) is 3.53. The molecule has 2 aliphatic heterocycles. The fourth-order valence-corrected chi connectivity index (χ4v) is 6.82. The molecule has 7 rings (SSSR count). The van der Waals surface area contributed by atoms with Crippen LogP contribution in [0.5, 0.6) is 11.5 Å². The lowest BCUT2D eigenvalue weighted by Gasteiger charge is -2.55. The number of hydrogen-bond donors (Lipinski definition) is 2. The molecule has 0 bridgehead atoms. The third-order valence-electron chi connectivity index (χ3n) is 9.00. The lowest BCUT2D eigenvalue weighted by Crippen LogP contribution is -2.57. The summed E-state index contributed by atoms with van der Waals surface area (Å²) in [4.78, 5) is 11.1. The van der Waals surface area contributed by atoms with E-state index in [9.17, 15) is 0 Å². The van der Waals surface area contributed by atoms with Gasteiger partial charge in [0.15, 0.2) is 5.65 Å². The Bertz CT molecular complexity index is 1440. The van der Waals surface area contributed by atoms with Crippen LogP contribution >= 0.6 is 0 Å². The van der Waals surface area contributed by atoms with Crippen LogP contribution in [0.3, 0.4) is 0 Å². The molecule has 1 saturated carbocycles. The Hall–Kier alpha value is -3.56. The Labute approximate surface area is 227 Å². The Kier molecular flexibility index (Phi) is 6.20. The van der Waals surface area contributed by atoms with Crippen LogP contribution in [-0.2, 0) is 0 Å². The maximum atomic E-state index is 15.8. The number of rotatable bonds is 5. The summed E-state index contributed by atoms with van der Waals surface area (Å²) in [5.41, 5.74) is 8.91. The van der Waals surface area contributed by atoms with Crippen LogP contribution in [0.4, 0.5) is 10.2 Å². The lowest BCUT2D eigenvalue weighted by atomic mass is 9.60. The molecular weight excluding hydrogens is 493 g/mol. The Morgan fingerprint density at radius 3 is 2.46 bits per heavy atom. The molecule has 39 heavy (non-hydrogen) atoms. The number of alkyl halides is 1. The zero-order valence-electron chi connectivity index (χ0n) is 22.0. The molecule has 2 aromatic heterocycles. The largest absolute Gasteiger partial charge is 0.457 e. The maximum absolute atomic E-state index is 15.8. The van der Waals surface area contributed by atoms with Crippen LogP contribution in [0.25, 0.3) is 22.3 Å². The molecule has 202 valence electrons. The van der Waals surface area contributed by atoms with Crippen molar-refractivity contribution in [3.8, 4) is 22.8 Å². The number of para-hydroxylation sites is 1. The van der Waals surface area contributed by atoms with Gasteiger partial charge in [0.1, 0.15) is 35.5 Å². The maximum Gasteiger partial charge on any atom is 0.164 e. The van der Waals surface area contributed by atoms with Gasteiger partial charge in [0.05, 0.1) is 11.4 Å². The van der Waals surface area contributed by atoms with Crippen molar-refractivity contribution >= 4 is 16.9 Å². The number of anilines is 1. The molecule has 8 nitrogen and oxygen atoms in total. The van der Waals surface area contributed by atoms with E-state index < -0.39 is 6.17 Å². The first-order chi connectivity index (χ1) is 19.1. The molecule has 3 fully saturated rings. The number of likely N-dealkylation sites (tertiary alicyclic amines) is 1. The fourth-order valence-electron chi connectivity index (χ4n) is 6.82. The molecule has 4 aromatic rings. The number of nitrogens with two attached hydrogens (primary N) is 1. The van der Waals surface area contributed by atoms with Crippen molar-refractivity contribution < 1.29 is 9.13 Å². The predicted molar refractivity (Wildman–Crippen MR) is 149 cm³/mol. The zero-order chi connectivity index (χ0) is 26.4. The van der Waals surface area contributed by atoms with E-state index >= 15 is 4.39 Å². The van der Waals surface area contributed by atoms with Gasteiger partial charge in [-0.25, -0.2) is 19.0 Å². The molecule has 9 heteroatoms. The highest BCUT2D eigenvalue weighted by atomic mass is 19.1. The quantitative estimate of drug-likeness (QED) is 0.378. The smallest absolute Gasteiger partial charge is 0.164 e. The van der Waals surface area contributed by atoms with Crippen LogP contribution in [0, 0.1) is 5.41 Å². The van der Waals surface area contributed by atoms with E-state index in [1.165, 1.54) is 32.0 Å². The summed E-state index contributed by atoms with van der Waals surface area (Å²) in [5.74, 6) is 1.84. The Balaban J connectivity index is 1.11. The standard InChI is InChI=1S/C30H34FN7O/c31-24-18-37(21-16-30(17-21)11-13-33-14-12-30)15-10-25(24)38-29-26(28(32)34-19-35-29)27(36-38)20-6-8-23(9-7-20)39-22-4-2-1-3-5-22/h1-9,19,21,24-25,33H,10-18H2,(H2,32,34,35). The van der Waals surface area contributed by atoms with Crippen molar-refractivity contribution in [1.82, 2.24) is 30.0 Å². The topological polar surface area (TPSA) is 94.1 Å². The minimum atomic E-state index is -1.03. The van der Waals surface area contributed by atoms with Gasteiger partial charge in [-0.1, -0.05) is 18.2 Å². The average Bonchev–Trinajstić information content (AvgIpc) is 3.34. The number of aromatic nitrogens is 4. The van der Waals surface area contributed by atoms with Crippen molar-refractivity contribution in [2.45, 2.75) is 50.4 Å². The first-order valence-electron chi connectivity index (χ1n) is 14.0. The van der Waals surface area contributed by atoms with Crippen LogP contribution in [0.2, 0.25) is 0 Å². The molecule has 3 aliphatic rings. The highest BCUT2D eigenvalue weighted by molar-refractivity contribution is 5.98. The number of nitrogen functional groups attached to an aromatic ring is 1. The number of nitrogens with one attached hydrogen (secondary N) is 1. The SMILES string of the molecule is Nc1ncnc2c1c(-c1ccc(Oc3ccccc3)cc1)nn2C1CCN(C2CC3(CCNCC3)C2)CC1F. The first kappa shape index (κ1) is 24.5. The number of fused-ring (bicyclic) bond motifs is 1. The van der Waals surface area contributed by atoms with Gasteiger partial charge in [-0.3, -0.25) is 4.90 Å². The van der Waals surface area contributed by atoms with Gasteiger partial charge >= 0.3 is 0 Å². The average molecular weight is 528 g/mol. The second-order valence-corrected chi connectivity index (χ2v) is 11.4. The molecule has 4 heterocycles. The summed E-state index contributed by atoms with van der Waals surface area (Å²) in [6.07, 6.45) is 6.01. The van der Waals surface area contributed by atoms with Gasteiger partial charge in [-0.2, -0.15) is 5.10 Å². The van der Waals surface area contributed by atoms with Gasteiger partial charge < -0.3 is 15.8 Å². The van der Waals surface area contributed by atoms with Gasteiger partial charge in [0, 0.05) is 24.7 Å². The molecule has 1 spiro atoms. The number of ether oxygens (including phenoxy) is 1. The summed E-state index contributed by atoms with van der Waals surface area (Å²) >= 11 is 0. The number of hydrogen-bond acceptors (Lipinski definition) is 7. The number of halogens is 1. The summed E-state index contributed by atoms with van der Waals surface area (Å²) in [6, 6.07) is 17.5. The van der Waals surface area contributed by atoms with Crippen LogP contribution in [0.1, 0.15) is 38.1 Å². The van der Waals surface area contributed by atoms with Crippen LogP contribution in [0.15, 0.2) is 60.9 Å². The molecule has 2 unspecified atom stereocenters. The normalized spacial score (nSPS) is 23.6. The monoisotopic (exact) mass is 527 g/mol. The highest BCUT2D eigenvalue weighted by Gasteiger charge is 2.48. The van der Waals surface area contributed by atoms with Gasteiger partial charge in [0.25, 0.3) is 0 Å². The highest BCUT2D eigenvalue weighted by Crippen LogP contribution is 2.50. The lowest BCUT2D eigenvalue weighted by molar-refractivity contribution is -0.0487. The minimum Gasteiger partial charge on any atom is -0.457 e. The van der Waals surface area contributed by atoms with Crippen molar-refractivity contribution in [3.63, 3.8) is 0 Å². The van der Waals surface area contributed by atoms with E-state index in [0.717, 1.165) is 36.7 Å². The third-order valence-corrected chi connectivity index (χ3v) is 9.00. The van der Waals surface area contributed by atoms with E-state index in [0.29, 0.717) is 47.0 Å². The molecule has 2 aromatic carbocycles. The van der Waals surface area contributed by atoms with Gasteiger partial charge in [-0.05, 0) is 87.0 Å². The van der Waals surface area contributed by atoms with E-state index in [2.05, 4.69) is 20.2 Å². The third kappa shape index (κ3) is 4.53. The van der Waals surface area contributed by atoms with Crippen LogP contribution in [-0.4, -0.2) is 63.0 Å². The predicted octanol–water partition coefficient (Wildman–Crippen LogP) is 4.98. The van der Waals surface area contributed by atoms with Gasteiger partial charge in [0.2, 0.25) is 0 Å². The minimum absolute atomic E-state index is 0.348. The fraction of sp³-hybridized carbons (Fsp3) is 0.433. The van der Waals surface area contributed by atoms with E-state index in [-0.39, 0.29) is 6.04 Å². The Morgan fingerprint density at radius 2 is 1.72 bits per heavy atom. The van der Waals surface area contributed by atoms with Crippen molar-refractivity contribution in [3.05, 3.63) is 60.9 Å². The second-order valence-electron chi connectivity index (χ2n) is 11.4. The molecule has 3 N–H and O–H groups in total. The first-order valence-corrected chi connectivity index (χ1v) is 14.0. The molecule has 0 radical (unpaired) electrons. The van der Waals surface area contributed by atoms with Crippen molar-refractivity contribution in [2.75, 3.05) is 31.9 Å². The molecule has 2 atom stereocenters. The summed E-state index contributed by atoms with van der Waals surface area (Å²) in [7, 11) is 0. The van der Waals surface area contributed by atoms with Gasteiger partial charge in [-0.15, -0.1) is 0 Å². The number of piperidine rings is 2. The molecule has 1 aliphatic carbocycles. The van der Waals surface area contributed by atoms with E-state index in [4.69, 9.17) is 15.6 Å². The Morgan fingerprint density at radius 1 is 0.974 bits per heavy atom. The number of nitrogens with zero attached hydrogens (tertiary/aromatic N) is 5. The van der Waals surface area contributed by atoms with Crippen molar-refractivity contribution in [1.29, 1.82) is 0 Å². The van der Waals surface area contributed by atoms with Crippen LogP contribution < -0.4 is 15.8 Å². The molecule has 2 saturated heterocycles. The summed E-state index contributed by atoms with van der Waals surface area (Å²) in [5, 5.41) is 9.04. The molecular formula is C30H34FN7O. The zero-order valence-corrected chi connectivity index (χ0v) is 22.0.